The van der Waals surface area contributed by atoms with Gasteiger partial charge in [-0.15, -0.1) is 0 Å². The van der Waals surface area contributed by atoms with Gasteiger partial charge in [0.15, 0.2) is 5.96 Å². The first-order chi connectivity index (χ1) is 9.06. The highest BCUT2D eigenvalue weighted by Gasteiger charge is 2.10. The Morgan fingerprint density at radius 3 is 2.68 bits per heavy atom. The zero-order valence-corrected chi connectivity index (χ0v) is 10.5. The van der Waals surface area contributed by atoms with E-state index in [2.05, 4.69) is 15.3 Å². The minimum absolute atomic E-state index is 0.0701. The summed E-state index contributed by atoms with van der Waals surface area (Å²) in [6, 6.07) is 9.42. The van der Waals surface area contributed by atoms with E-state index in [-0.39, 0.29) is 11.9 Å². The standard InChI is InChI=1S/C13H15N5O/c1-8(18-13(14)15)17-12(19)11-6-9-4-2-3-5-10(9)7-16-11/h2-8H,1H3,(H,17,19)(H4,14,15,18). The average Bonchev–Trinajstić information content (AvgIpc) is 2.37. The second-order valence-electron chi connectivity index (χ2n) is 4.12. The first-order valence-corrected chi connectivity index (χ1v) is 5.80. The lowest BCUT2D eigenvalue weighted by Crippen LogP contribution is -2.35. The number of benzene rings is 1. The van der Waals surface area contributed by atoms with Gasteiger partial charge in [0, 0.05) is 11.6 Å². The van der Waals surface area contributed by atoms with Crippen LogP contribution in [0.1, 0.15) is 17.4 Å². The molecule has 0 saturated carbocycles. The number of rotatable bonds is 3. The Kier molecular flexibility index (Phi) is 3.61. The molecule has 19 heavy (non-hydrogen) atoms. The average molecular weight is 257 g/mol. The van der Waals surface area contributed by atoms with Crippen molar-refractivity contribution in [3.63, 3.8) is 0 Å². The van der Waals surface area contributed by atoms with Gasteiger partial charge in [-0.25, -0.2) is 4.99 Å². The normalized spacial score (nSPS) is 11.8. The van der Waals surface area contributed by atoms with Crippen LogP contribution in [0.4, 0.5) is 0 Å². The van der Waals surface area contributed by atoms with Crippen LogP contribution in [0.15, 0.2) is 41.5 Å². The van der Waals surface area contributed by atoms with Crippen molar-refractivity contribution in [3.8, 4) is 0 Å². The Morgan fingerprint density at radius 1 is 1.32 bits per heavy atom. The lowest BCUT2D eigenvalue weighted by molar-refractivity contribution is 0.0937. The molecule has 0 bridgehead atoms. The van der Waals surface area contributed by atoms with Gasteiger partial charge in [-0.05, 0) is 18.4 Å². The van der Waals surface area contributed by atoms with Crippen molar-refractivity contribution in [1.29, 1.82) is 0 Å². The first kappa shape index (κ1) is 12.8. The number of aliphatic imine (C=N–C) groups is 1. The van der Waals surface area contributed by atoms with Crippen LogP contribution < -0.4 is 16.8 Å². The number of nitrogens with zero attached hydrogens (tertiary/aromatic N) is 2. The van der Waals surface area contributed by atoms with Crippen LogP contribution in [0.3, 0.4) is 0 Å². The number of aromatic nitrogens is 1. The van der Waals surface area contributed by atoms with Gasteiger partial charge < -0.3 is 16.8 Å². The van der Waals surface area contributed by atoms with Crippen LogP contribution in [0, 0.1) is 0 Å². The highest BCUT2D eigenvalue weighted by molar-refractivity contribution is 5.96. The molecule has 0 aliphatic carbocycles. The second kappa shape index (κ2) is 5.34. The fourth-order valence-corrected chi connectivity index (χ4v) is 1.73. The maximum atomic E-state index is 12.0. The van der Waals surface area contributed by atoms with Crippen LogP contribution in [0.25, 0.3) is 10.8 Å². The molecule has 0 fully saturated rings. The number of carbonyl (C=O) groups excluding carboxylic acids is 1. The van der Waals surface area contributed by atoms with Gasteiger partial charge in [0.05, 0.1) is 0 Å². The summed E-state index contributed by atoms with van der Waals surface area (Å²) in [5.74, 6) is -0.387. The molecule has 1 atom stereocenters. The number of pyridine rings is 1. The van der Waals surface area contributed by atoms with Gasteiger partial charge in [-0.3, -0.25) is 9.78 Å². The maximum Gasteiger partial charge on any atom is 0.271 e. The highest BCUT2D eigenvalue weighted by atomic mass is 16.2. The molecule has 98 valence electrons. The van der Waals surface area contributed by atoms with Crippen molar-refractivity contribution >= 4 is 22.6 Å². The third kappa shape index (κ3) is 3.19. The molecule has 5 N–H and O–H groups in total. The topological polar surface area (TPSA) is 106 Å². The molecule has 1 heterocycles. The molecule has 0 radical (unpaired) electrons. The van der Waals surface area contributed by atoms with Crippen molar-refractivity contribution in [2.24, 2.45) is 16.5 Å². The van der Waals surface area contributed by atoms with E-state index in [1.54, 1.807) is 19.2 Å². The highest BCUT2D eigenvalue weighted by Crippen LogP contribution is 2.13. The number of nitrogens with one attached hydrogen (secondary N) is 1. The van der Waals surface area contributed by atoms with Crippen molar-refractivity contribution in [3.05, 3.63) is 42.2 Å². The largest absolute Gasteiger partial charge is 0.370 e. The number of fused-ring (bicyclic) bond motifs is 1. The molecule has 1 amide bonds. The molecule has 2 rings (SSSR count). The summed E-state index contributed by atoms with van der Waals surface area (Å²) >= 11 is 0. The molecular weight excluding hydrogens is 242 g/mol. The molecule has 2 aromatic rings. The summed E-state index contributed by atoms with van der Waals surface area (Å²) in [7, 11) is 0. The van der Waals surface area contributed by atoms with E-state index < -0.39 is 6.17 Å². The number of carbonyl (C=O) groups is 1. The van der Waals surface area contributed by atoms with Gasteiger partial charge in [0.1, 0.15) is 11.9 Å². The number of amides is 1. The van der Waals surface area contributed by atoms with E-state index in [1.165, 1.54) is 0 Å². The van der Waals surface area contributed by atoms with E-state index >= 15 is 0 Å². The molecule has 0 aliphatic heterocycles. The second-order valence-corrected chi connectivity index (χ2v) is 4.12. The summed E-state index contributed by atoms with van der Waals surface area (Å²) in [4.78, 5) is 19.9. The minimum atomic E-state index is -0.495. The Hall–Kier alpha value is -2.63. The van der Waals surface area contributed by atoms with Crippen LogP contribution in [0.2, 0.25) is 0 Å². The molecule has 1 unspecified atom stereocenters. The Morgan fingerprint density at radius 2 is 2.00 bits per heavy atom. The van der Waals surface area contributed by atoms with E-state index in [9.17, 15) is 4.79 Å². The Labute approximate surface area is 110 Å². The predicted octanol–water partition coefficient (Wildman–Crippen LogP) is 0.584. The molecule has 0 aliphatic rings. The predicted molar refractivity (Wildman–Crippen MR) is 74.5 cm³/mol. The molecule has 1 aromatic carbocycles. The molecular formula is C13H15N5O. The number of hydrogen-bond acceptors (Lipinski definition) is 3. The van der Waals surface area contributed by atoms with Crippen molar-refractivity contribution < 1.29 is 4.79 Å². The third-order valence-electron chi connectivity index (χ3n) is 2.55. The zero-order valence-electron chi connectivity index (χ0n) is 10.5. The zero-order chi connectivity index (χ0) is 13.8. The quantitative estimate of drug-likeness (QED) is 0.552. The molecule has 1 aromatic heterocycles. The summed E-state index contributed by atoms with van der Waals surface area (Å²) in [6.45, 7) is 1.68. The van der Waals surface area contributed by atoms with Crippen molar-refractivity contribution in [2.75, 3.05) is 0 Å². The molecule has 0 spiro atoms. The Bertz CT molecular complexity index is 634. The van der Waals surface area contributed by atoms with Gasteiger partial charge >= 0.3 is 0 Å². The van der Waals surface area contributed by atoms with Crippen LogP contribution in [-0.2, 0) is 0 Å². The fraction of sp³-hybridized carbons (Fsp3) is 0.154. The van der Waals surface area contributed by atoms with E-state index in [0.29, 0.717) is 5.69 Å². The maximum absolute atomic E-state index is 12.0. The van der Waals surface area contributed by atoms with Gasteiger partial charge in [0.25, 0.3) is 5.91 Å². The van der Waals surface area contributed by atoms with E-state index in [1.807, 2.05) is 24.3 Å². The SMILES string of the molecule is CC(N=C(N)N)NC(=O)c1cc2ccccc2cn1. The van der Waals surface area contributed by atoms with E-state index in [4.69, 9.17) is 11.5 Å². The van der Waals surface area contributed by atoms with Crippen LogP contribution >= 0.6 is 0 Å². The van der Waals surface area contributed by atoms with Gasteiger partial charge in [-0.1, -0.05) is 24.3 Å². The third-order valence-corrected chi connectivity index (χ3v) is 2.55. The van der Waals surface area contributed by atoms with Crippen LogP contribution in [0.5, 0.6) is 0 Å². The van der Waals surface area contributed by atoms with Crippen molar-refractivity contribution in [2.45, 2.75) is 13.1 Å². The summed E-state index contributed by atoms with van der Waals surface area (Å²) < 4.78 is 0. The van der Waals surface area contributed by atoms with Crippen molar-refractivity contribution in [1.82, 2.24) is 10.3 Å². The molecule has 6 nitrogen and oxygen atoms in total. The van der Waals surface area contributed by atoms with Gasteiger partial charge in [-0.2, -0.15) is 0 Å². The summed E-state index contributed by atoms with van der Waals surface area (Å²) in [5.41, 5.74) is 10.8. The number of hydrogen-bond donors (Lipinski definition) is 3. The lowest BCUT2D eigenvalue weighted by atomic mass is 10.1. The lowest BCUT2D eigenvalue weighted by Gasteiger charge is -2.09. The first-order valence-electron chi connectivity index (χ1n) is 5.80. The van der Waals surface area contributed by atoms with Crippen LogP contribution in [-0.4, -0.2) is 23.0 Å². The smallest absolute Gasteiger partial charge is 0.271 e. The van der Waals surface area contributed by atoms with Gasteiger partial charge in [0.2, 0.25) is 0 Å². The summed E-state index contributed by atoms with van der Waals surface area (Å²) in [6.07, 6.45) is 1.17. The summed E-state index contributed by atoms with van der Waals surface area (Å²) in [5, 5.41) is 4.58. The van der Waals surface area contributed by atoms with E-state index in [0.717, 1.165) is 10.8 Å². The fourth-order valence-electron chi connectivity index (χ4n) is 1.73. The monoisotopic (exact) mass is 257 g/mol. The minimum Gasteiger partial charge on any atom is -0.370 e. The molecule has 6 heteroatoms. The Balaban J connectivity index is 2.20. The number of nitrogens with two attached hydrogens (primary N) is 2. The number of guanidine groups is 1. The molecule has 0 saturated heterocycles.